The number of rotatable bonds is 7. The quantitative estimate of drug-likeness (QED) is 0.274. The lowest BCUT2D eigenvalue weighted by atomic mass is 10.1. The summed E-state index contributed by atoms with van der Waals surface area (Å²) in [4.78, 5) is 32.1. The highest BCUT2D eigenvalue weighted by molar-refractivity contribution is 7.77. The Morgan fingerprint density at radius 1 is 1.22 bits per heavy atom. The predicted molar refractivity (Wildman–Crippen MR) is 163 cm³/mol. The molecule has 1 aromatic heterocycles. The molecule has 41 heavy (non-hydrogen) atoms. The van der Waals surface area contributed by atoms with Gasteiger partial charge in [-0.15, -0.1) is 11.3 Å². The number of esters is 2. The van der Waals surface area contributed by atoms with Crippen LogP contribution in [0.4, 0.5) is 0 Å². The number of fused-ring (bicyclic) bond motifs is 2. The molecule has 1 unspecified atom stereocenters. The third kappa shape index (κ3) is 14.7. The smallest absolute Gasteiger partial charge is 0.331 e. The minimum atomic E-state index is -2.60. The van der Waals surface area contributed by atoms with E-state index in [9.17, 15) is 18.4 Å². The van der Waals surface area contributed by atoms with Gasteiger partial charge in [0.25, 0.3) is 0 Å². The standard InChI is InChI=1S/C30H43N3O6S2/c1-21(15-16-33(5)6)13-14-23(3)18-26-19-28-31-25(20-40-28)10-8-11-27(32-41(36)37)30(35)38-24(4)17-22(2)9-7-12-29(34)39-26/h7,9,12-15,18,20,24,26-27,32H,8,10-11,16-17,19H2,1-6H3,(H,36,37)/p-1/b12-7-,14-13+,21-15+,22-9+,23-18+/t24-,26+,27-/m0/s1. The molecule has 226 valence electrons. The lowest BCUT2D eigenvalue weighted by Gasteiger charge is -2.21. The molecule has 0 radical (unpaired) electrons. The van der Waals surface area contributed by atoms with Crippen LogP contribution < -0.4 is 4.72 Å². The number of hydrogen-bond acceptors (Lipinski definition) is 9. The topological polar surface area (TPSA) is 121 Å². The first kappa shape index (κ1) is 34.5. The van der Waals surface area contributed by atoms with Crippen LogP contribution in [-0.2, 0) is 43.2 Å². The normalized spacial score (nSPS) is 25.5. The number of allylic oxidation sites excluding steroid dienone is 6. The number of thiazole rings is 1. The Labute approximate surface area is 250 Å². The maximum absolute atomic E-state index is 12.7. The van der Waals surface area contributed by atoms with E-state index in [4.69, 9.17) is 14.5 Å². The number of carbonyl (C=O) groups is 2. The molecule has 0 aromatic carbocycles. The minimum Gasteiger partial charge on any atom is -0.760 e. The molecule has 0 saturated heterocycles. The fourth-order valence-electron chi connectivity index (χ4n) is 4.02. The van der Waals surface area contributed by atoms with Crippen LogP contribution in [0.15, 0.2) is 64.6 Å². The Morgan fingerprint density at radius 3 is 2.66 bits per heavy atom. The minimum absolute atomic E-state index is 0.279. The van der Waals surface area contributed by atoms with Crippen molar-refractivity contribution < 1.29 is 27.8 Å². The molecule has 9 nitrogen and oxygen atoms in total. The van der Waals surface area contributed by atoms with E-state index in [-0.39, 0.29) is 6.42 Å². The second-order valence-corrected chi connectivity index (χ2v) is 12.1. The predicted octanol–water partition coefficient (Wildman–Crippen LogP) is 4.52. The number of carbonyl (C=O) groups excluding carboxylic acids is 2. The van der Waals surface area contributed by atoms with Crippen molar-refractivity contribution in [3.63, 3.8) is 0 Å². The van der Waals surface area contributed by atoms with E-state index < -0.39 is 41.5 Å². The van der Waals surface area contributed by atoms with Gasteiger partial charge in [-0.05, 0) is 67.1 Å². The zero-order valence-electron chi connectivity index (χ0n) is 24.8. The van der Waals surface area contributed by atoms with Crippen molar-refractivity contribution in [3.8, 4) is 0 Å². The maximum Gasteiger partial charge on any atom is 0.331 e. The van der Waals surface area contributed by atoms with E-state index in [2.05, 4.69) is 15.7 Å². The monoisotopic (exact) mass is 604 g/mol. The molecule has 0 spiro atoms. The van der Waals surface area contributed by atoms with Gasteiger partial charge in [-0.3, -0.25) is 9.00 Å². The molecule has 0 fully saturated rings. The average molecular weight is 605 g/mol. The van der Waals surface area contributed by atoms with Gasteiger partial charge in [-0.1, -0.05) is 47.1 Å². The van der Waals surface area contributed by atoms with Crippen LogP contribution in [0.1, 0.15) is 57.7 Å². The Kier molecular flexibility index (Phi) is 15.1. The Hall–Kier alpha value is -2.70. The van der Waals surface area contributed by atoms with Crippen LogP contribution in [0.2, 0.25) is 0 Å². The van der Waals surface area contributed by atoms with Gasteiger partial charge in [0.1, 0.15) is 18.2 Å². The first-order valence-electron chi connectivity index (χ1n) is 13.6. The summed E-state index contributed by atoms with van der Waals surface area (Å²) in [6.45, 7) is 8.47. The van der Waals surface area contributed by atoms with Gasteiger partial charge >= 0.3 is 11.9 Å². The van der Waals surface area contributed by atoms with Crippen LogP contribution in [0.3, 0.4) is 0 Å². The third-order valence-corrected chi connectivity index (χ3v) is 7.46. The van der Waals surface area contributed by atoms with E-state index in [0.717, 1.165) is 34.0 Å². The summed E-state index contributed by atoms with van der Waals surface area (Å²) >= 11 is -1.13. The lowest BCUT2D eigenvalue weighted by molar-refractivity contribution is -0.150. The van der Waals surface area contributed by atoms with Crippen LogP contribution in [0.25, 0.3) is 0 Å². The number of nitrogens with one attached hydrogen (secondary N) is 1. The average Bonchev–Trinajstić information content (AvgIpc) is 3.31. The molecular weight excluding hydrogens is 562 g/mol. The summed E-state index contributed by atoms with van der Waals surface area (Å²) in [6, 6.07) is -0.974. The Morgan fingerprint density at radius 2 is 1.95 bits per heavy atom. The highest BCUT2D eigenvalue weighted by atomic mass is 32.2. The molecule has 0 aliphatic carbocycles. The van der Waals surface area contributed by atoms with Crippen molar-refractivity contribution in [1.29, 1.82) is 0 Å². The zero-order chi connectivity index (χ0) is 30.4. The molecule has 1 aromatic rings. The second kappa shape index (κ2) is 18.0. The molecule has 0 saturated carbocycles. The highest BCUT2D eigenvalue weighted by Crippen LogP contribution is 2.18. The van der Waals surface area contributed by atoms with Crippen molar-refractivity contribution in [2.75, 3.05) is 20.6 Å². The van der Waals surface area contributed by atoms with Gasteiger partial charge in [-0.25, -0.2) is 14.5 Å². The Balaban J connectivity index is 2.29. The van der Waals surface area contributed by atoms with E-state index >= 15 is 0 Å². The van der Waals surface area contributed by atoms with Crippen LogP contribution in [0, 0.1) is 0 Å². The maximum atomic E-state index is 12.7. The molecule has 1 aliphatic heterocycles. The van der Waals surface area contributed by atoms with Gasteiger partial charge in [-0.2, -0.15) is 0 Å². The lowest BCUT2D eigenvalue weighted by Crippen LogP contribution is -2.40. The number of aryl methyl sites for hydroxylation is 1. The SMILES string of the molecule is CC(/C=C/C(C)=C/[C@@H]1Cc2nc(cs2)CCC[C@H](NS(=O)[O-])C(=O)O[C@@H](C)C/C(C)=C/C=C\C(=O)O1)=C\CN(C)C. The van der Waals surface area contributed by atoms with Gasteiger partial charge in [0.2, 0.25) is 0 Å². The molecule has 2 rings (SSSR count). The second-order valence-electron chi connectivity index (χ2n) is 10.5. The molecular formula is C30H42N3O6S2-. The molecule has 2 bridgehead atoms. The number of hydrogen-bond donors (Lipinski definition) is 1. The van der Waals surface area contributed by atoms with Crippen molar-refractivity contribution in [1.82, 2.24) is 14.6 Å². The molecule has 0 amide bonds. The molecule has 2 heterocycles. The first-order chi connectivity index (χ1) is 19.4. The fraction of sp³-hybridized carbons (Fsp3) is 0.500. The van der Waals surface area contributed by atoms with Gasteiger partial charge in [0, 0.05) is 42.1 Å². The zero-order valence-corrected chi connectivity index (χ0v) is 26.4. The number of cyclic esters (lactones) is 2. The van der Waals surface area contributed by atoms with Crippen molar-refractivity contribution in [3.05, 3.63) is 75.3 Å². The fourth-order valence-corrected chi connectivity index (χ4v) is 5.34. The number of ether oxygens (including phenoxy) is 2. The highest BCUT2D eigenvalue weighted by Gasteiger charge is 2.22. The van der Waals surface area contributed by atoms with E-state index in [0.29, 0.717) is 25.7 Å². The van der Waals surface area contributed by atoms with Crippen LogP contribution in [-0.4, -0.2) is 69.5 Å². The van der Waals surface area contributed by atoms with E-state index in [1.165, 1.54) is 17.4 Å². The van der Waals surface area contributed by atoms with Crippen LogP contribution >= 0.6 is 11.3 Å². The summed E-state index contributed by atoms with van der Waals surface area (Å²) in [5.74, 6) is -1.09. The first-order valence-corrected chi connectivity index (χ1v) is 15.6. The molecule has 11 heteroatoms. The van der Waals surface area contributed by atoms with Crippen LogP contribution in [0.5, 0.6) is 0 Å². The van der Waals surface area contributed by atoms with Gasteiger partial charge in [0.15, 0.2) is 0 Å². The summed E-state index contributed by atoms with van der Waals surface area (Å²) in [5.41, 5.74) is 3.82. The summed E-state index contributed by atoms with van der Waals surface area (Å²) in [5, 5.41) is 2.75. The van der Waals surface area contributed by atoms with Crippen molar-refractivity contribution >= 4 is 34.5 Å². The van der Waals surface area contributed by atoms with Gasteiger partial charge < -0.3 is 18.9 Å². The number of nitrogens with zero attached hydrogens (tertiary/aromatic N) is 2. The molecule has 1 aliphatic rings. The molecule has 1 N–H and O–H groups in total. The van der Waals surface area contributed by atoms with Crippen molar-refractivity contribution in [2.45, 2.75) is 78.0 Å². The number of aromatic nitrogens is 1. The summed E-state index contributed by atoms with van der Waals surface area (Å²) in [6.07, 6.45) is 14.1. The van der Waals surface area contributed by atoms with Gasteiger partial charge in [0.05, 0.1) is 10.7 Å². The largest absolute Gasteiger partial charge is 0.760 e. The summed E-state index contributed by atoms with van der Waals surface area (Å²) in [7, 11) is 4.04. The third-order valence-electron chi connectivity index (χ3n) is 6.07. The van der Waals surface area contributed by atoms with Crippen molar-refractivity contribution in [2.24, 2.45) is 0 Å². The summed E-state index contributed by atoms with van der Waals surface area (Å²) < 4.78 is 36.1. The molecule has 4 atom stereocenters. The van der Waals surface area contributed by atoms with E-state index in [1.807, 2.05) is 58.5 Å². The Bertz CT molecular complexity index is 1200. The number of likely N-dealkylation sites (N-methyl/N-ethyl adjacent to an activating group) is 1. The van der Waals surface area contributed by atoms with E-state index in [1.54, 1.807) is 19.1 Å².